The van der Waals surface area contributed by atoms with Gasteiger partial charge in [0.05, 0.1) is 26.2 Å². The van der Waals surface area contributed by atoms with Gasteiger partial charge in [-0.05, 0) is 34.5 Å². The summed E-state index contributed by atoms with van der Waals surface area (Å²) in [5.74, 6) is -2.89. The van der Waals surface area contributed by atoms with Crippen molar-refractivity contribution in [1.29, 1.82) is 0 Å². The highest BCUT2D eigenvalue weighted by Gasteiger charge is 2.63. The van der Waals surface area contributed by atoms with E-state index in [-0.39, 0.29) is 6.61 Å². The molecular formula is C30H28BN3O6S. The Morgan fingerprint density at radius 3 is 2.15 bits per heavy atom. The first-order valence-electron chi connectivity index (χ1n) is 13.2. The van der Waals surface area contributed by atoms with Gasteiger partial charge in [0.25, 0.3) is 0 Å². The zero-order valence-corrected chi connectivity index (χ0v) is 23.3. The zero-order valence-electron chi connectivity index (χ0n) is 22.5. The van der Waals surface area contributed by atoms with Gasteiger partial charge < -0.3 is 24.7 Å². The van der Waals surface area contributed by atoms with Gasteiger partial charge in [-0.3, -0.25) is 9.69 Å². The van der Waals surface area contributed by atoms with Crippen LogP contribution in [0.3, 0.4) is 0 Å². The number of hydrogen-bond donors (Lipinski definition) is 2. The number of nitrogens with one attached hydrogen (secondary N) is 2. The number of carbonyl (C=O) groups excluding carboxylic acids is 3. The lowest BCUT2D eigenvalue weighted by Gasteiger charge is -2.34. The predicted octanol–water partition coefficient (Wildman–Crippen LogP) is 5.32. The monoisotopic (exact) mass is 569 g/mol. The van der Waals surface area contributed by atoms with Crippen LogP contribution in [0.2, 0.25) is 5.82 Å². The first kappa shape index (κ1) is 26.7. The van der Waals surface area contributed by atoms with Crippen molar-refractivity contribution >= 4 is 58.5 Å². The van der Waals surface area contributed by atoms with E-state index in [2.05, 4.69) is 10.5 Å². The summed E-state index contributed by atoms with van der Waals surface area (Å²) < 4.78 is 16.3. The number of anilines is 2. The molecule has 0 unspecified atom stereocenters. The number of carbonyl (C=O) groups is 3. The minimum absolute atomic E-state index is 0.00405. The molecule has 1 aromatic heterocycles. The van der Waals surface area contributed by atoms with Gasteiger partial charge in [0.1, 0.15) is 12.6 Å². The molecule has 3 aromatic carbocycles. The highest BCUT2D eigenvalue weighted by Crippen LogP contribution is 2.53. The molecule has 0 aliphatic carbocycles. The Balaban J connectivity index is 1.45. The molecule has 41 heavy (non-hydrogen) atoms. The number of likely N-dealkylation sites (tertiary alicyclic amines) is 1. The summed E-state index contributed by atoms with van der Waals surface area (Å²) in [5, 5.41) is 10.9. The van der Waals surface area contributed by atoms with Crippen LogP contribution in [-0.4, -0.2) is 50.2 Å². The van der Waals surface area contributed by atoms with Crippen molar-refractivity contribution in [2.75, 3.05) is 24.7 Å². The van der Waals surface area contributed by atoms with Crippen LogP contribution < -0.4 is 10.5 Å². The highest BCUT2D eigenvalue weighted by atomic mass is 32.1. The van der Waals surface area contributed by atoms with E-state index in [0.29, 0.717) is 0 Å². The van der Waals surface area contributed by atoms with Crippen LogP contribution in [0.4, 0.5) is 16.2 Å². The average Bonchev–Trinajstić information content (AvgIpc) is 3.66. The molecule has 2 aliphatic heterocycles. The Morgan fingerprint density at radius 1 is 0.854 bits per heavy atom. The van der Waals surface area contributed by atoms with Crippen molar-refractivity contribution < 1.29 is 28.6 Å². The van der Waals surface area contributed by atoms with Gasteiger partial charge >= 0.3 is 25.0 Å². The van der Waals surface area contributed by atoms with Crippen LogP contribution in [0.25, 0.3) is 10.8 Å². The van der Waals surface area contributed by atoms with Gasteiger partial charge in [0, 0.05) is 27.5 Å². The lowest BCUT2D eigenvalue weighted by molar-refractivity contribution is -0.146. The maximum absolute atomic E-state index is 13.9. The first-order chi connectivity index (χ1) is 20.0. The van der Waals surface area contributed by atoms with Gasteiger partial charge in [-0.25, -0.2) is 9.59 Å². The van der Waals surface area contributed by atoms with Crippen LogP contribution in [0.1, 0.15) is 16.5 Å². The average molecular weight is 569 g/mol. The van der Waals surface area contributed by atoms with Crippen LogP contribution in [0.5, 0.6) is 0 Å². The van der Waals surface area contributed by atoms with Crippen molar-refractivity contribution in [3.05, 3.63) is 94.7 Å². The first-order valence-corrected chi connectivity index (χ1v) is 14.1. The number of methoxy groups -OCH3 is 2. The van der Waals surface area contributed by atoms with E-state index in [1.54, 1.807) is 0 Å². The number of ether oxygens (including phenoxy) is 3. The molecule has 1 fully saturated rings. The SMILES string of the molecule is COC(=O)[C@H]1[C@H](B2Nc3cccc4cccc(c34)N2)[C@@H](C(=O)OC)N(C(=O)OCc2ccccc2)[C@H]1c1cccs1. The normalized spacial score (nSPS) is 21.1. The largest absolute Gasteiger partial charge is 0.469 e. The number of esters is 2. The minimum Gasteiger partial charge on any atom is -0.469 e. The number of rotatable bonds is 6. The molecule has 0 saturated carbocycles. The van der Waals surface area contributed by atoms with E-state index < -0.39 is 48.8 Å². The van der Waals surface area contributed by atoms with Crippen LogP contribution >= 0.6 is 11.3 Å². The summed E-state index contributed by atoms with van der Waals surface area (Å²) in [4.78, 5) is 43.2. The highest BCUT2D eigenvalue weighted by molar-refractivity contribution is 7.10. The van der Waals surface area contributed by atoms with Gasteiger partial charge in [-0.15, -0.1) is 11.3 Å². The maximum atomic E-state index is 13.9. The number of thiophene rings is 1. The standard InChI is InChI=1S/C30H28BN3O6S/c1-38-28(35)24-25(31-32-20-13-6-11-19-12-7-14-21(33-31)23(19)20)27(29(36)39-2)34(26(24)22-15-8-16-41-22)30(37)40-17-18-9-4-3-5-10-18/h3-16,24-27,32-33H,17H2,1-2H3/t24-,25-,26-,27-/m0/s1. The summed E-state index contributed by atoms with van der Waals surface area (Å²) in [6, 6.07) is 22.8. The minimum atomic E-state index is -1.16. The number of hydrogen-bond acceptors (Lipinski definition) is 9. The summed E-state index contributed by atoms with van der Waals surface area (Å²) in [6.45, 7) is -0.623. The third-order valence-electron chi connectivity index (χ3n) is 7.80. The Kier molecular flexibility index (Phi) is 7.27. The van der Waals surface area contributed by atoms with Crippen LogP contribution in [-0.2, 0) is 30.4 Å². The molecule has 2 N–H and O–H groups in total. The fourth-order valence-corrected chi connectivity index (χ4v) is 6.95. The molecule has 0 radical (unpaired) electrons. The predicted molar refractivity (Wildman–Crippen MR) is 158 cm³/mol. The van der Waals surface area contributed by atoms with Gasteiger partial charge in [0.2, 0.25) is 0 Å². The lowest BCUT2D eigenvalue weighted by Crippen LogP contribution is -2.52. The van der Waals surface area contributed by atoms with Crippen molar-refractivity contribution in [2.45, 2.75) is 24.5 Å². The Labute approximate surface area is 241 Å². The summed E-state index contributed by atoms with van der Waals surface area (Å²) >= 11 is 1.39. The smallest absolute Gasteiger partial charge is 0.411 e. The fourth-order valence-electron chi connectivity index (χ4n) is 6.08. The van der Waals surface area contributed by atoms with Crippen molar-refractivity contribution in [2.24, 2.45) is 5.92 Å². The number of nitrogens with zero attached hydrogens (tertiary/aromatic N) is 1. The lowest BCUT2D eigenvalue weighted by atomic mass is 9.53. The van der Waals surface area contributed by atoms with Crippen molar-refractivity contribution in [1.82, 2.24) is 4.90 Å². The molecule has 0 spiro atoms. The second kappa shape index (κ2) is 11.2. The van der Waals surface area contributed by atoms with E-state index >= 15 is 0 Å². The van der Waals surface area contributed by atoms with Gasteiger partial charge in [0.15, 0.2) is 0 Å². The molecule has 208 valence electrons. The Bertz CT molecular complexity index is 1540. The molecule has 4 atom stereocenters. The van der Waals surface area contributed by atoms with E-state index in [1.165, 1.54) is 30.5 Å². The van der Waals surface area contributed by atoms with E-state index in [1.807, 2.05) is 84.2 Å². The van der Waals surface area contributed by atoms with Crippen LogP contribution in [0, 0.1) is 5.92 Å². The molecule has 3 heterocycles. The second-order valence-electron chi connectivity index (χ2n) is 9.98. The fraction of sp³-hybridized carbons (Fsp3) is 0.233. The van der Waals surface area contributed by atoms with Gasteiger partial charge in [-0.1, -0.05) is 60.7 Å². The summed E-state index contributed by atoms with van der Waals surface area (Å²) in [7, 11) is 2.59. The van der Waals surface area contributed by atoms with E-state index in [9.17, 15) is 14.4 Å². The second-order valence-corrected chi connectivity index (χ2v) is 11.0. The number of benzene rings is 3. The Hall–Kier alpha value is -4.51. The molecule has 1 amide bonds. The molecule has 0 bridgehead atoms. The topological polar surface area (TPSA) is 106 Å². The Morgan fingerprint density at radius 2 is 1.54 bits per heavy atom. The summed E-state index contributed by atoms with van der Waals surface area (Å²) in [6.07, 6.45) is -0.725. The number of amides is 1. The quantitative estimate of drug-likeness (QED) is 0.183. The molecule has 9 nitrogen and oxygen atoms in total. The molecule has 11 heteroatoms. The van der Waals surface area contributed by atoms with Crippen LogP contribution in [0.15, 0.2) is 84.2 Å². The van der Waals surface area contributed by atoms with E-state index in [0.717, 1.165) is 32.6 Å². The molecular weight excluding hydrogens is 541 g/mol. The van der Waals surface area contributed by atoms with Crippen molar-refractivity contribution in [3.63, 3.8) is 0 Å². The molecule has 4 aromatic rings. The molecule has 6 rings (SSSR count). The van der Waals surface area contributed by atoms with E-state index in [4.69, 9.17) is 14.2 Å². The third-order valence-corrected chi connectivity index (χ3v) is 8.74. The molecule has 1 saturated heterocycles. The third kappa shape index (κ3) is 4.76. The maximum Gasteiger partial charge on any atom is 0.411 e. The molecule has 2 aliphatic rings. The summed E-state index contributed by atoms with van der Waals surface area (Å²) in [5.41, 5.74) is 2.50. The zero-order chi connectivity index (χ0) is 28.5. The van der Waals surface area contributed by atoms with Crippen molar-refractivity contribution in [3.8, 4) is 0 Å². The van der Waals surface area contributed by atoms with Gasteiger partial charge in [-0.2, -0.15) is 0 Å².